The van der Waals surface area contributed by atoms with E-state index in [1.54, 1.807) is 17.4 Å². The molecule has 0 fully saturated rings. The van der Waals surface area contributed by atoms with Crippen LogP contribution in [0.25, 0.3) is 0 Å². The number of thiazole rings is 1. The zero-order chi connectivity index (χ0) is 19.4. The Morgan fingerprint density at radius 3 is 2.89 bits per heavy atom. The van der Waals surface area contributed by atoms with Gasteiger partial charge in [-0.1, -0.05) is 32.9 Å². The monoisotopic (exact) mass is 387 g/mol. The third-order valence-electron chi connectivity index (χ3n) is 5.14. The van der Waals surface area contributed by atoms with E-state index in [4.69, 9.17) is 10.5 Å². The average Bonchev–Trinajstić information content (AvgIpc) is 3.00. The van der Waals surface area contributed by atoms with Gasteiger partial charge >= 0.3 is 0 Å². The van der Waals surface area contributed by atoms with E-state index in [1.807, 2.05) is 18.2 Å². The molecule has 0 spiro atoms. The van der Waals surface area contributed by atoms with Crippen LogP contribution < -0.4 is 15.8 Å². The van der Waals surface area contributed by atoms with Crippen LogP contribution in [0, 0.1) is 11.3 Å². The Hall–Kier alpha value is -2.08. The predicted octanol–water partition coefficient (Wildman–Crippen LogP) is 4.67. The molecule has 1 aromatic carbocycles. The summed E-state index contributed by atoms with van der Waals surface area (Å²) in [4.78, 5) is 18.2. The molecule has 1 heterocycles. The van der Waals surface area contributed by atoms with Gasteiger partial charge in [0.1, 0.15) is 5.75 Å². The molecule has 0 bridgehead atoms. The number of rotatable bonds is 6. The predicted molar refractivity (Wildman–Crippen MR) is 111 cm³/mol. The number of benzene rings is 1. The van der Waals surface area contributed by atoms with Gasteiger partial charge in [-0.3, -0.25) is 4.79 Å². The van der Waals surface area contributed by atoms with Crippen LogP contribution in [0.1, 0.15) is 50.6 Å². The van der Waals surface area contributed by atoms with Gasteiger partial charge in [0.15, 0.2) is 5.13 Å². The lowest BCUT2D eigenvalue weighted by Gasteiger charge is -2.33. The molecule has 2 aromatic rings. The highest BCUT2D eigenvalue weighted by Gasteiger charge is 2.30. The van der Waals surface area contributed by atoms with E-state index in [9.17, 15) is 4.79 Å². The number of nitrogens with zero attached hydrogens (tertiary/aromatic N) is 1. The van der Waals surface area contributed by atoms with Crippen LogP contribution in [0.4, 0.5) is 10.8 Å². The number of hydrogen-bond donors (Lipinski definition) is 2. The van der Waals surface area contributed by atoms with Gasteiger partial charge in [-0.05, 0) is 49.1 Å². The summed E-state index contributed by atoms with van der Waals surface area (Å²) in [6, 6.07) is 7.39. The van der Waals surface area contributed by atoms with Crippen molar-refractivity contribution in [2.24, 2.45) is 11.3 Å². The summed E-state index contributed by atoms with van der Waals surface area (Å²) in [6.45, 7) is 7.37. The SMILES string of the molecule is CC(C)(C)C1CCc2nc(NC(=O)CCCOc3ccccc3N)sc2C1. The van der Waals surface area contributed by atoms with Crippen molar-refractivity contribution in [1.29, 1.82) is 0 Å². The molecule has 1 atom stereocenters. The minimum absolute atomic E-state index is 0.0156. The number of carbonyl (C=O) groups is 1. The highest BCUT2D eigenvalue weighted by molar-refractivity contribution is 7.15. The van der Waals surface area contributed by atoms with Crippen LogP contribution in [-0.2, 0) is 17.6 Å². The van der Waals surface area contributed by atoms with Gasteiger partial charge < -0.3 is 15.8 Å². The smallest absolute Gasteiger partial charge is 0.226 e. The molecule has 1 aliphatic rings. The number of aromatic nitrogens is 1. The van der Waals surface area contributed by atoms with E-state index in [-0.39, 0.29) is 5.91 Å². The van der Waals surface area contributed by atoms with Gasteiger partial charge in [-0.15, -0.1) is 11.3 Å². The Morgan fingerprint density at radius 1 is 1.37 bits per heavy atom. The minimum Gasteiger partial charge on any atom is -0.491 e. The number of nitrogen functional groups attached to an aromatic ring is 1. The van der Waals surface area contributed by atoms with Crippen molar-refractivity contribution in [2.45, 2.75) is 52.9 Å². The molecule has 1 unspecified atom stereocenters. The van der Waals surface area contributed by atoms with Crippen molar-refractivity contribution in [3.63, 3.8) is 0 Å². The van der Waals surface area contributed by atoms with Crippen molar-refractivity contribution >= 4 is 28.1 Å². The van der Waals surface area contributed by atoms with E-state index in [1.165, 1.54) is 17.0 Å². The number of nitrogens with two attached hydrogens (primary N) is 1. The molecule has 27 heavy (non-hydrogen) atoms. The fourth-order valence-electron chi connectivity index (χ4n) is 3.38. The van der Waals surface area contributed by atoms with Crippen molar-refractivity contribution in [3.05, 3.63) is 34.8 Å². The molecule has 5 nitrogen and oxygen atoms in total. The Kier molecular flexibility index (Phi) is 6.05. The maximum atomic E-state index is 12.2. The molecule has 0 saturated heterocycles. The van der Waals surface area contributed by atoms with Gasteiger partial charge in [0.25, 0.3) is 0 Å². The maximum Gasteiger partial charge on any atom is 0.226 e. The summed E-state index contributed by atoms with van der Waals surface area (Å²) >= 11 is 1.63. The molecule has 3 rings (SSSR count). The largest absolute Gasteiger partial charge is 0.491 e. The van der Waals surface area contributed by atoms with Crippen LogP contribution in [-0.4, -0.2) is 17.5 Å². The van der Waals surface area contributed by atoms with Crippen molar-refractivity contribution in [3.8, 4) is 5.75 Å². The van der Waals surface area contributed by atoms with Crippen molar-refractivity contribution in [2.75, 3.05) is 17.7 Å². The maximum absolute atomic E-state index is 12.2. The summed E-state index contributed by atoms with van der Waals surface area (Å²) in [5.74, 6) is 1.33. The fourth-order valence-corrected chi connectivity index (χ4v) is 4.48. The van der Waals surface area contributed by atoms with Crippen molar-refractivity contribution < 1.29 is 9.53 Å². The molecule has 146 valence electrons. The Morgan fingerprint density at radius 2 is 2.15 bits per heavy atom. The number of nitrogens with one attached hydrogen (secondary N) is 1. The molecule has 6 heteroatoms. The number of aryl methyl sites for hydroxylation is 1. The first-order valence-corrected chi connectivity index (χ1v) is 10.4. The Balaban J connectivity index is 1.45. The second-order valence-electron chi connectivity index (χ2n) is 8.23. The lowest BCUT2D eigenvalue weighted by Crippen LogP contribution is -2.26. The van der Waals surface area contributed by atoms with Crippen LogP contribution in [0.3, 0.4) is 0 Å². The molecule has 0 saturated carbocycles. The number of fused-ring (bicyclic) bond motifs is 1. The number of para-hydroxylation sites is 2. The first kappa shape index (κ1) is 19.7. The second kappa shape index (κ2) is 8.30. The fraction of sp³-hybridized carbons (Fsp3) is 0.524. The van der Waals surface area contributed by atoms with Gasteiger partial charge in [0, 0.05) is 11.3 Å². The van der Waals surface area contributed by atoms with Gasteiger partial charge in [-0.2, -0.15) is 0 Å². The van der Waals surface area contributed by atoms with Gasteiger partial charge in [-0.25, -0.2) is 4.98 Å². The molecule has 1 aliphatic carbocycles. The summed E-state index contributed by atoms with van der Waals surface area (Å²) in [5.41, 5.74) is 7.93. The number of amides is 1. The standard InChI is InChI=1S/C21H29N3O2S/c1-21(2,3)14-10-11-16-18(13-14)27-20(23-16)24-19(25)9-6-12-26-17-8-5-4-7-15(17)22/h4-5,7-8,14H,6,9-13,22H2,1-3H3,(H,23,24,25). The summed E-state index contributed by atoms with van der Waals surface area (Å²) < 4.78 is 5.63. The minimum atomic E-state index is -0.0156. The van der Waals surface area contributed by atoms with E-state index in [0.717, 1.165) is 18.0 Å². The zero-order valence-corrected chi connectivity index (χ0v) is 17.2. The lowest BCUT2D eigenvalue weighted by atomic mass is 9.73. The Bertz CT molecular complexity index is 795. The van der Waals surface area contributed by atoms with Crippen LogP contribution in [0.5, 0.6) is 5.75 Å². The van der Waals surface area contributed by atoms with E-state index < -0.39 is 0 Å². The number of anilines is 2. The summed E-state index contributed by atoms with van der Waals surface area (Å²) in [6.07, 6.45) is 4.29. The van der Waals surface area contributed by atoms with E-state index in [2.05, 4.69) is 31.1 Å². The lowest BCUT2D eigenvalue weighted by molar-refractivity contribution is -0.116. The highest BCUT2D eigenvalue weighted by Crippen LogP contribution is 2.40. The van der Waals surface area contributed by atoms with Crippen molar-refractivity contribution in [1.82, 2.24) is 4.98 Å². The third-order valence-corrected chi connectivity index (χ3v) is 6.17. The molecular weight excluding hydrogens is 358 g/mol. The van der Waals surface area contributed by atoms with E-state index >= 15 is 0 Å². The molecular formula is C21H29N3O2S. The third kappa shape index (κ3) is 5.22. The second-order valence-corrected chi connectivity index (χ2v) is 9.32. The van der Waals surface area contributed by atoms with Gasteiger partial charge in [0.05, 0.1) is 18.0 Å². The number of hydrogen-bond acceptors (Lipinski definition) is 5. The topological polar surface area (TPSA) is 77.2 Å². The number of carbonyl (C=O) groups excluding carboxylic acids is 1. The number of ether oxygens (including phenoxy) is 1. The Labute approximate surface area is 165 Å². The molecule has 0 aliphatic heterocycles. The quantitative estimate of drug-likeness (QED) is 0.557. The molecule has 0 radical (unpaired) electrons. The zero-order valence-electron chi connectivity index (χ0n) is 16.4. The van der Waals surface area contributed by atoms with Crippen LogP contribution in [0.2, 0.25) is 0 Å². The molecule has 3 N–H and O–H groups in total. The normalized spacial score (nSPS) is 16.6. The average molecular weight is 388 g/mol. The van der Waals surface area contributed by atoms with Crippen LogP contribution in [0.15, 0.2) is 24.3 Å². The first-order valence-electron chi connectivity index (χ1n) is 9.58. The molecule has 1 amide bonds. The van der Waals surface area contributed by atoms with E-state index in [0.29, 0.717) is 42.2 Å². The summed E-state index contributed by atoms with van der Waals surface area (Å²) in [7, 11) is 0. The summed E-state index contributed by atoms with van der Waals surface area (Å²) in [5, 5.41) is 3.68. The molecule has 1 aromatic heterocycles. The van der Waals surface area contributed by atoms with Crippen LogP contribution >= 0.6 is 11.3 Å². The highest BCUT2D eigenvalue weighted by atomic mass is 32.1. The van der Waals surface area contributed by atoms with Gasteiger partial charge in [0.2, 0.25) is 5.91 Å². The first-order chi connectivity index (χ1) is 12.8.